The van der Waals surface area contributed by atoms with E-state index >= 15 is 0 Å². The van der Waals surface area contributed by atoms with E-state index in [1.807, 2.05) is 30.3 Å². The second-order valence-corrected chi connectivity index (χ2v) is 3.57. The van der Waals surface area contributed by atoms with Crippen LogP contribution in [0.2, 0.25) is 0 Å². The number of anilines is 2. The van der Waals surface area contributed by atoms with Crippen LogP contribution in [0.15, 0.2) is 42.7 Å². The first-order chi connectivity index (χ1) is 8.88. The van der Waals surface area contributed by atoms with Crippen molar-refractivity contribution >= 4 is 11.6 Å². The first kappa shape index (κ1) is 12.3. The van der Waals surface area contributed by atoms with Gasteiger partial charge < -0.3 is 14.8 Å². The van der Waals surface area contributed by atoms with E-state index in [0.717, 1.165) is 5.69 Å². The molecule has 0 amide bonds. The van der Waals surface area contributed by atoms with Gasteiger partial charge in [-0.25, -0.2) is 9.97 Å². The number of para-hydroxylation sites is 1. The Labute approximate surface area is 106 Å². The van der Waals surface area contributed by atoms with Crippen LogP contribution in [-0.4, -0.2) is 30.3 Å². The number of hydrogen-bond donors (Lipinski definition) is 1. The lowest BCUT2D eigenvalue weighted by molar-refractivity contribution is 0.146. The Balaban J connectivity index is 1.91. The lowest BCUT2D eigenvalue weighted by Gasteiger charge is -2.06. The molecule has 94 valence electrons. The fourth-order valence-electron chi connectivity index (χ4n) is 1.35. The van der Waals surface area contributed by atoms with E-state index in [9.17, 15) is 0 Å². The topological polar surface area (TPSA) is 56.3 Å². The van der Waals surface area contributed by atoms with Crippen LogP contribution in [0.1, 0.15) is 0 Å². The van der Waals surface area contributed by atoms with Gasteiger partial charge in [0.2, 0.25) is 5.95 Å². The Hall–Kier alpha value is -2.14. The van der Waals surface area contributed by atoms with Crippen LogP contribution in [0.3, 0.4) is 0 Å². The van der Waals surface area contributed by atoms with E-state index in [2.05, 4.69) is 15.3 Å². The maximum Gasteiger partial charge on any atom is 0.227 e. The smallest absolute Gasteiger partial charge is 0.227 e. The van der Waals surface area contributed by atoms with Gasteiger partial charge in [-0.05, 0) is 12.1 Å². The summed E-state index contributed by atoms with van der Waals surface area (Å²) in [5.74, 6) is 1.17. The number of aromatic nitrogens is 2. The highest BCUT2D eigenvalue weighted by molar-refractivity contribution is 5.52. The summed E-state index contributed by atoms with van der Waals surface area (Å²) in [7, 11) is 1.63. The second kappa shape index (κ2) is 6.56. The van der Waals surface area contributed by atoms with E-state index < -0.39 is 0 Å². The highest BCUT2D eigenvalue weighted by Crippen LogP contribution is 2.13. The summed E-state index contributed by atoms with van der Waals surface area (Å²) in [6.45, 7) is 1.04. The monoisotopic (exact) mass is 245 g/mol. The molecule has 0 aliphatic rings. The van der Waals surface area contributed by atoms with E-state index in [0.29, 0.717) is 24.9 Å². The van der Waals surface area contributed by atoms with E-state index in [4.69, 9.17) is 9.47 Å². The molecule has 2 aromatic rings. The Morgan fingerprint density at radius 2 is 1.78 bits per heavy atom. The molecule has 0 fully saturated rings. The van der Waals surface area contributed by atoms with Crippen LogP contribution < -0.4 is 10.1 Å². The number of benzene rings is 1. The molecular weight excluding hydrogens is 230 g/mol. The maximum absolute atomic E-state index is 5.37. The standard InChI is InChI=1S/C13H15N3O2/c1-17-7-8-18-12-9-14-13(15-10-12)16-11-5-3-2-4-6-11/h2-6,9-10H,7-8H2,1H3,(H,14,15,16). The SMILES string of the molecule is COCCOc1cnc(Nc2ccccc2)nc1. The van der Waals surface area contributed by atoms with Gasteiger partial charge in [-0.3, -0.25) is 0 Å². The summed E-state index contributed by atoms with van der Waals surface area (Å²) in [4.78, 5) is 8.33. The predicted molar refractivity (Wildman–Crippen MR) is 69.1 cm³/mol. The first-order valence-electron chi connectivity index (χ1n) is 5.64. The molecule has 0 atom stereocenters. The summed E-state index contributed by atoms with van der Waals surface area (Å²) in [5.41, 5.74) is 0.950. The molecule has 0 aliphatic carbocycles. The molecule has 0 aliphatic heterocycles. The summed E-state index contributed by atoms with van der Waals surface area (Å²) in [6.07, 6.45) is 3.27. The van der Waals surface area contributed by atoms with Crippen LogP contribution in [0.4, 0.5) is 11.6 Å². The zero-order chi connectivity index (χ0) is 12.6. The van der Waals surface area contributed by atoms with Crippen molar-refractivity contribution in [3.05, 3.63) is 42.7 Å². The molecule has 1 aromatic heterocycles. The van der Waals surface area contributed by atoms with Crippen LogP contribution in [0.5, 0.6) is 5.75 Å². The highest BCUT2D eigenvalue weighted by atomic mass is 16.5. The van der Waals surface area contributed by atoms with Crippen molar-refractivity contribution in [1.29, 1.82) is 0 Å². The minimum atomic E-state index is 0.491. The van der Waals surface area contributed by atoms with Gasteiger partial charge >= 0.3 is 0 Å². The molecule has 0 spiro atoms. The first-order valence-corrected chi connectivity index (χ1v) is 5.64. The number of hydrogen-bond acceptors (Lipinski definition) is 5. The van der Waals surface area contributed by atoms with Crippen molar-refractivity contribution in [3.63, 3.8) is 0 Å². The lowest BCUT2D eigenvalue weighted by atomic mass is 10.3. The molecule has 1 aromatic carbocycles. The molecule has 5 nitrogen and oxygen atoms in total. The highest BCUT2D eigenvalue weighted by Gasteiger charge is 1.98. The van der Waals surface area contributed by atoms with Crippen molar-refractivity contribution < 1.29 is 9.47 Å². The maximum atomic E-state index is 5.37. The number of nitrogens with zero attached hydrogens (tertiary/aromatic N) is 2. The van der Waals surface area contributed by atoms with Crippen molar-refractivity contribution in [3.8, 4) is 5.75 Å². The molecule has 2 rings (SSSR count). The predicted octanol–water partition coefficient (Wildman–Crippen LogP) is 2.25. The Morgan fingerprint density at radius 3 is 2.44 bits per heavy atom. The molecule has 5 heteroatoms. The Kier molecular flexibility index (Phi) is 4.49. The summed E-state index contributed by atoms with van der Waals surface area (Å²) < 4.78 is 10.3. The van der Waals surface area contributed by atoms with Gasteiger partial charge in [-0.2, -0.15) is 0 Å². The number of rotatable bonds is 6. The van der Waals surface area contributed by atoms with Gasteiger partial charge in [0.1, 0.15) is 6.61 Å². The third-order valence-electron chi connectivity index (χ3n) is 2.21. The number of nitrogens with one attached hydrogen (secondary N) is 1. The Morgan fingerprint density at radius 1 is 1.06 bits per heavy atom. The van der Waals surface area contributed by atoms with E-state index in [1.165, 1.54) is 0 Å². The normalized spacial score (nSPS) is 10.1. The molecule has 0 bridgehead atoms. The number of methoxy groups -OCH3 is 1. The third-order valence-corrected chi connectivity index (χ3v) is 2.21. The molecule has 0 unspecified atom stereocenters. The summed E-state index contributed by atoms with van der Waals surface area (Å²) in [6, 6.07) is 9.76. The lowest BCUT2D eigenvalue weighted by Crippen LogP contribution is -2.05. The fraction of sp³-hybridized carbons (Fsp3) is 0.231. The average molecular weight is 245 g/mol. The largest absolute Gasteiger partial charge is 0.488 e. The van der Waals surface area contributed by atoms with Gasteiger partial charge in [0.15, 0.2) is 5.75 Å². The minimum absolute atomic E-state index is 0.491. The van der Waals surface area contributed by atoms with E-state index in [-0.39, 0.29) is 0 Å². The summed E-state index contributed by atoms with van der Waals surface area (Å²) >= 11 is 0. The van der Waals surface area contributed by atoms with Gasteiger partial charge in [-0.1, -0.05) is 18.2 Å². The molecule has 0 radical (unpaired) electrons. The van der Waals surface area contributed by atoms with Crippen molar-refractivity contribution in [2.24, 2.45) is 0 Å². The van der Waals surface area contributed by atoms with Gasteiger partial charge in [0.05, 0.1) is 19.0 Å². The zero-order valence-corrected chi connectivity index (χ0v) is 10.2. The second-order valence-electron chi connectivity index (χ2n) is 3.57. The molecular formula is C13H15N3O2. The van der Waals surface area contributed by atoms with Crippen LogP contribution >= 0.6 is 0 Å². The molecule has 1 N–H and O–H groups in total. The van der Waals surface area contributed by atoms with Crippen molar-refractivity contribution in [2.45, 2.75) is 0 Å². The zero-order valence-electron chi connectivity index (χ0n) is 10.2. The van der Waals surface area contributed by atoms with Gasteiger partial charge in [0.25, 0.3) is 0 Å². The van der Waals surface area contributed by atoms with Crippen LogP contribution in [0.25, 0.3) is 0 Å². The average Bonchev–Trinajstić information content (AvgIpc) is 2.42. The van der Waals surface area contributed by atoms with Crippen molar-refractivity contribution in [2.75, 3.05) is 25.6 Å². The van der Waals surface area contributed by atoms with Crippen LogP contribution in [-0.2, 0) is 4.74 Å². The van der Waals surface area contributed by atoms with Gasteiger partial charge in [-0.15, -0.1) is 0 Å². The van der Waals surface area contributed by atoms with Crippen molar-refractivity contribution in [1.82, 2.24) is 9.97 Å². The molecule has 0 saturated heterocycles. The summed E-state index contributed by atoms with van der Waals surface area (Å²) in [5, 5.41) is 3.10. The molecule has 18 heavy (non-hydrogen) atoms. The van der Waals surface area contributed by atoms with E-state index in [1.54, 1.807) is 19.5 Å². The molecule has 1 heterocycles. The number of ether oxygens (including phenoxy) is 2. The Bertz CT molecular complexity index is 459. The van der Waals surface area contributed by atoms with Gasteiger partial charge in [0, 0.05) is 12.8 Å². The van der Waals surface area contributed by atoms with Crippen LogP contribution in [0, 0.1) is 0 Å². The fourth-order valence-corrected chi connectivity index (χ4v) is 1.35. The quantitative estimate of drug-likeness (QED) is 0.791. The molecule has 0 saturated carbocycles. The third kappa shape index (κ3) is 3.71. The minimum Gasteiger partial charge on any atom is -0.488 e.